The van der Waals surface area contributed by atoms with Crippen LogP contribution in [0.15, 0.2) is 0 Å². The van der Waals surface area contributed by atoms with Crippen LogP contribution in [-0.4, -0.2) is 50.7 Å². The van der Waals surface area contributed by atoms with Crippen molar-refractivity contribution in [2.75, 3.05) is 33.8 Å². The number of likely N-dealkylation sites (N-methyl/N-ethyl adjacent to an activating group) is 1. The number of nitrogens with zero attached hydrogens (tertiary/aromatic N) is 1. The molecule has 0 amide bonds. The van der Waals surface area contributed by atoms with Gasteiger partial charge < -0.3 is 15.0 Å². The molecule has 0 heterocycles. The molecule has 1 unspecified atom stereocenters. The molecule has 1 aliphatic rings. The molecule has 0 radical (unpaired) electrons. The van der Waals surface area contributed by atoms with E-state index in [9.17, 15) is 4.79 Å². The molecule has 16 heavy (non-hydrogen) atoms. The van der Waals surface area contributed by atoms with Crippen molar-refractivity contribution in [3.63, 3.8) is 0 Å². The maximum Gasteiger partial charge on any atom is 0.323 e. The highest BCUT2D eigenvalue weighted by Crippen LogP contribution is 2.30. The molecule has 1 rings (SSSR count). The summed E-state index contributed by atoms with van der Waals surface area (Å²) in [4.78, 5) is 13.9. The predicted molar refractivity (Wildman–Crippen MR) is 64.3 cm³/mol. The Morgan fingerprint density at radius 1 is 1.50 bits per heavy atom. The molecule has 94 valence electrons. The highest BCUT2D eigenvalue weighted by molar-refractivity contribution is 5.76. The number of ether oxygens (including phenoxy) is 1. The van der Waals surface area contributed by atoms with Gasteiger partial charge in [-0.2, -0.15) is 0 Å². The number of hydrogen-bond acceptors (Lipinski definition) is 4. The minimum Gasteiger partial charge on any atom is -0.465 e. The van der Waals surface area contributed by atoms with Crippen molar-refractivity contribution in [3.8, 4) is 0 Å². The Morgan fingerprint density at radius 3 is 2.62 bits per heavy atom. The fourth-order valence-electron chi connectivity index (χ4n) is 1.89. The largest absolute Gasteiger partial charge is 0.465 e. The Kier molecular flexibility index (Phi) is 5.77. The minimum absolute atomic E-state index is 0.0778. The van der Waals surface area contributed by atoms with E-state index in [4.69, 9.17) is 4.74 Å². The summed E-state index contributed by atoms with van der Waals surface area (Å²) in [5.74, 6) is 0.409. The summed E-state index contributed by atoms with van der Waals surface area (Å²) in [7, 11) is 4.06. The van der Waals surface area contributed by atoms with E-state index in [1.165, 1.54) is 6.42 Å². The van der Waals surface area contributed by atoms with E-state index < -0.39 is 0 Å². The normalized spacial score (nSPS) is 18.2. The van der Waals surface area contributed by atoms with E-state index in [1.54, 1.807) is 0 Å². The molecule has 0 aromatic heterocycles. The zero-order valence-corrected chi connectivity index (χ0v) is 10.7. The number of esters is 1. The van der Waals surface area contributed by atoms with Crippen LogP contribution < -0.4 is 5.32 Å². The molecular weight excluding hydrogens is 204 g/mol. The highest BCUT2D eigenvalue weighted by atomic mass is 16.5. The van der Waals surface area contributed by atoms with Crippen molar-refractivity contribution in [3.05, 3.63) is 0 Å². The van der Waals surface area contributed by atoms with Gasteiger partial charge in [0.25, 0.3) is 0 Å². The maximum absolute atomic E-state index is 11.8. The summed E-state index contributed by atoms with van der Waals surface area (Å²) < 4.78 is 5.10. The third-order valence-corrected chi connectivity index (χ3v) is 3.09. The summed E-state index contributed by atoms with van der Waals surface area (Å²) in [6, 6.07) is -0.0892. The quantitative estimate of drug-likeness (QED) is 0.657. The Morgan fingerprint density at radius 2 is 2.19 bits per heavy atom. The first-order chi connectivity index (χ1) is 7.65. The lowest BCUT2D eigenvalue weighted by Gasteiger charge is -2.33. The lowest BCUT2D eigenvalue weighted by Crippen LogP contribution is -2.48. The number of nitrogens with one attached hydrogen (secondary N) is 1. The fraction of sp³-hybridized carbons (Fsp3) is 0.917. The van der Waals surface area contributed by atoms with Crippen LogP contribution in [0, 0.1) is 5.92 Å². The number of rotatable bonds is 7. The molecule has 0 aromatic carbocycles. The average Bonchev–Trinajstić information content (AvgIpc) is 2.13. The van der Waals surface area contributed by atoms with Crippen molar-refractivity contribution in [2.45, 2.75) is 32.2 Å². The van der Waals surface area contributed by atoms with Gasteiger partial charge in [0.1, 0.15) is 6.04 Å². The van der Waals surface area contributed by atoms with Crippen LogP contribution in [0.4, 0.5) is 0 Å². The topological polar surface area (TPSA) is 41.6 Å². The van der Waals surface area contributed by atoms with Gasteiger partial charge in [-0.3, -0.25) is 4.79 Å². The minimum atomic E-state index is -0.0892. The van der Waals surface area contributed by atoms with E-state index in [2.05, 4.69) is 10.2 Å². The lowest BCUT2D eigenvalue weighted by atomic mass is 9.79. The van der Waals surface area contributed by atoms with Gasteiger partial charge in [0.15, 0.2) is 0 Å². The molecular formula is C12H24N2O2. The van der Waals surface area contributed by atoms with Gasteiger partial charge >= 0.3 is 5.97 Å². The predicted octanol–water partition coefficient (Wildman–Crippen LogP) is 0.869. The molecule has 1 N–H and O–H groups in total. The summed E-state index contributed by atoms with van der Waals surface area (Å²) >= 11 is 0. The molecule has 1 atom stereocenters. The van der Waals surface area contributed by atoms with Crippen LogP contribution in [0.2, 0.25) is 0 Å². The first kappa shape index (κ1) is 13.5. The summed E-state index contributed by atoms with van der Waals surface area (Å²) in [6.07, 6.45) is 3.55. The molecule has 0 aliphatic heterocycles. The summed E-state index contributed by atoms with van der Waals surface area (Å²) in [5.41, 5.74) is 0. The second-order valence-corrected chi connectivity index (χ2v) is 4.68. The SMILES string of the molecule is CCOC(=O)C(NCCN(C)C)C1CCC1. The molecule has 4 heteroatoms. The van der Waals surface area contributed by atoms with Crippen molar-refractivity contribution in [1.82, 2.24) is 10.2 Å². The van der Waals surface area contributed by atoms with Gasteiger partial charge in [-0.1, -0.05) is 6.42 Å². The molecule has 1 saturated carbocycles. The third kappa shape index (κ3) is 4.10. The molecule has 1 aliphatic carbocycles. The molecule has 4 nitrogen and oxygen atoms in total. The van der Waals surface area contributed by atoms with Crippen LogP contribution >= 0.6 is 0 Å². The standard InChI is InChI=1S/C12H24N2O2/c1-4-16-12(15)11(10-6-5-7-10)13-8-9-14(2)3/h10-11,13H,4-9H2,1-3H3. The second kappa shape index (κ2) is 6.86. The van der Waals surface area contributed by atoms with Crippen LogP contribution in [-0.2, 0) is 9.53 Å². The number of hydrogen-bond donors (Lipinski definition) is 1. The highest BCUT2D eigenvalue weighted by Gasteiger charge is 2.32. The zero-order chi connectivity index (χ0) is 12.0. The van der Waals surface area contributed by atoms with Gasteiger partial charge in [0.05, 0.1) is 6.61 Å². The van der Waals surface area contributed by atoms with Gasteiger partial charge in [0.2, 0.25) is 0 Å². The van der Waals surface area contributed by atoms with Crippen molar-refractivity contribution in [2.24, 2.45) is 5.92 Å². The van der Waals surface area contributed by atoms with Crippen molar-refractivity contribution >= 4 is 5.97 Å². The van der Waals surface area contributed by atoms with Crippen LogP contribution in [0.25, 0.3) is 0 Å². The second-order valence-electron chi connectivity index (χ2n) is 4.68. The van der Waals surface area contributed by atoms with E-state index in [-0.39, 0.29) is 12.0 Å². The Bertz CT molecular complexity index is 215. The summed E-state index contributed by atoms with van der Waals surface area (Å²) in [5, 5.41) is 3.32. The molecule has 0 bridgehead atoms. The lowest BCUT2D eigenvalue weighted by molar-refractivity contribution is -0.148. The van der Waals surface area contributed by atoms with Gasteiger partial charge in [-0.25, -0.2) is 0 Å². The first-order valence-corrected chi connectivity index (χ1v) is 6.20. The summed E-state index contributed by atoms with van der Waals surface area (Å²) in [6.45, 7) is 4.11. The molecule has 0 saturated heterocycles. The van der Waals surface area contributed by atoms with Crippen molar-refractivity contribution < 1.29 is 9.53 Å². The Balaban J connectivity index is 2.34. The van der Waals surface area contributed by atoms with Gasteiger partial charge in [0, 0.05) is 13.1 Å². The smallest absolute Gasteiger partial charge is 0.323 e. The van der Waals surface area contributed by atoms with Gasteiger partial charge in [-0.05, 0) is 39.8 Å². The first-order valence-electron chi connectivity index (χ1n) is 6.20. The molecule has 1 fully saturated rings. The van der Waals surface area contributed by atoms with E-state index in [1.807, 2.05) is 21.0 Å². The molecule has 0 spiro atoms. The van der Waals surface area contributed by atoms with Crippen LogP contribution in [0.3, 0.4) is 0 Å². The average molecular weight is 228 g/mol. The third-order valence-electron chi connectivity index (χ3n) is 3.09. The fourth-order valence-corrected chi connectivity index (χ4v) is 1.89. The molecule has 0 aromatic rings. The van der Waals surface area contributed by atoms with Crippen molar-refractivity contribution in [1.29, 1.82) is 0 Å². The van der Waals surface area contributed by atoms with Gasteiger partial charge in [-0.15, -0.1) is 0 Å². The van der Waals surface area contributed by atoms with E-state index >= 15 is 0 Å². The zero-order valence-electron chi connectivity index (χ0n) is 10.7. The monoisotopic (exact) mass is 228 g/mol. The van der Waals surface area contributed by atoms with E-state index in [0.717, 1.165) is 25.9 Å². The van der Waals surface area contributed by atoms with Crippen LogP contribution in [0.1, 0.15) is 26.2 Å². The number of carbonyl (C=O) groups excluding carboxylic acids is 1. The Hall–Kier alpha value is -0.610. The maximum atomic E-state index is 11.8. The van der Waals surface area contributed by atoms with E-state index in [0.29, 0.717) is 12.5 Å². The number of carbonyl (C=O) groups is 1. The Labute approximate surface area is 98.3 Å². The van der Waals surface area contributed by atoms with Crippen LogP contribution in [0.5, 0.6) is 0 Å².